The van der Waals surface area contributed by atoms with E-state index in [0.717, 1.165) is 38.0 Å². The summed E-state index contributed by atoms with van der Waals surface area (Å²) in [6.07, 6.45) is 1.86. The smallest absolute Gasteiger partial charge is 0.223 e. The lowest BCUT2D eigenvalue weighted by Crippen LogP contribution is -2.51. The van der Waals surface area contributed by atoms with E-state index >= 15 is 0 Å². The summed E-state index contributed by atoms with van der Waals surface area (Å²) in [7, 11) is 1.70. The fraction of sp³-hybridized carbons (Fsp3) is 0.500. The molecule has 1 aliphatic carbocycles. The summed E-state index contributed by atoms with van der Waals surface area (Å²) < 4.78 is 13.1. The molecular formula is C28H35N3O3S. The van der Waals surface area contributed by atoms with Gasteiger partial charge < -0.3 is 14.8 Å². The van der Waals surface area contributed by atoms with Crippen LogP contribution >= 0.6 is 11.3 Å². The van der Waals surface area contributed by atoms with Crippen LogP contribution in [0, 0.1) is 5.92 Å². The number of rotatable bonds is 8. The monoisotopic (exact) mass is 493 g/mol. The third-order valence-electron chi connectivity index (χ3n) is 7.53. The Hall–Kier alpha value is -2.32. The number of piperidine rings is 1. The van der Waals surface area contributed by atoms with E-state index in [1.807, 2.05) is 19.9 Å². The molecule has 3 aromatic rings. The molecule has 0 saturated carbocycles. The minimum absolute atomic E-state index is 0.0652. The standard InChI is InChI=1S/C28H35N3O3S/c1-19(2)27(32)30-25-20-8-4-5-9-21(20)28(26(25)34-17-16-33-3)12-14-31(15-13-28)18-24-29-22-10-6-7-11-23(22)35-24/h4-11,19,25-26H,12-18H2,1-3H3,(H,30,32)/t25-,26+/m0/s1. The summed E-state index contributed by atoms with van der Waals surface area (Å²) in [6.45, 7) is 7.75. The highest BCUT2D eigenvalue weighted by Gasteiger charge is 2.54. The minimum Gasteiger partial charge on any atom is -0.382 e. The zero-order valence-electron chi connectivity index (χ0n) is 20.8. The Labute approximate surface area is 211 Å². The molecule has 6 nitrogen and oxygen atoms in total. The zero-order chi connectivity index (χ0) is 24.4. The normalized spacial score (nSPS) is 21.6. The van der Waals surface area contributed by atoms with Crippen molar-refractivity contribution in [3.8, 4) is 0 Å². The van der Waals surface area contributed by atoms with Crippen molar-refractivity contribution < 1.29 is 14.3 Å². The fourth-order valence-electron chi connectivity index (χ4n) is 5.69. The predicted octanol–water partition coefficient (Wildman–Crippen LogP) is 4.69. The number of carbonyl (C=O) groups is 1. The number of aromatic nitrogens is 1. The van der Waals surface area contributed by atoms with E-state index < -0.39 is 0 Å². The van der Waals surface area contributed by atoms with E-state index in [-0.39, 0.29) is 29.4 Å². The van der Waals surface area contributed by atoms with E-state index in [2.05, 4.69) is 52.7 Å². The molecule has 1 aromatic heterocycles. The number of nitrogens with zero attached hydrogens (tertiary/aromatic N) is 2. The highest BCUT2D eigenvalue weighted by atomic mass is 32.1. The van der Waals surface area contributed by atoms with Crippen LogP contribution in [0.4, 0.5) is 0 Å². The van der Waals surface area contributed by atoms with Gasteiger partial charge in [0.05, 0.1) is 42.1 Å². The third-order valence-corrected chi connectivity index (χ3v) is 8.55. The van der Waals surface area contributed by atoms with E-state index in [9.17, 15) is 4.79 Å². The van der Waals surface area contributed by atoms with Crippen molar-refractivity contribution in [2.75, 3.05) is 33.4 Å². The summed E-state index contributed by atoms with van der Waals surface area (Å²) in [6, 6.07) is 16.8. The number of benzene rings is 2. The van der Waals surface area contributed by atoms with Crippen LogP contribution in [0.5, 0.6) is 0 Å². The number of nitrogens with one attached hydrogen (secondary N) is 1. The first kappa shape index (κ1) is 24.4. The van der Waals surface area contributed by atoms with Gasteiger partial charge in [0.1, 0.15) is 5.01 Å². The van der Waals surface area contributed by atoms with Crippen molar-refractivity contribution >= 4 is 27.5 Å². The summed E-state index contributed by atoms with van der Waals surface area (Å²) >= 11 is 1.79. The SMILES string of the molecule is COCCO[C@@H]1[C@@H](NC(=O)C(C)C)c2ccccc2C12CCN(Cc1nc3ccccc3s1)CC2. The lowest BCUT2D eigenvalue weighted by atomic mass is 9.72. The lowest BCUT2D eigenvalue weighted by Gasteiger charge is -2.44. The van der Waals surface area contributed by atoms with Gasteiger partial charge in [0, 0.05) is 18.4 Å². The molecule has 0 bridgehead atoms. The van der Waals surface area contributed by atoms with Crippen molar-refractivity contribution in [2.45, 2.75) is 50.8 Å². The Kier molecular flexibility index (Phi) is 7.21. The van der Waals surface area contributed by atoms with Gasteiger partial charge in [-0.15, -0.1) is 11.3 Å². The van der Waals surface area contributed by atoms with Crippen molar-refractivity contribution in [1.82, 2.24) is 15.2 Å². The molecule has 1 amide bonds. The molecule has 2 atom stereocenters. The van der Waals surface area contributed by atoms with Crippen LogP contribution in [0.1, 0.15) is 48.9 Å². The summed E-state index contributed by atoms with van der Waals surface area (Å²) in [5.74, 6) is -0.00976. The van der Waals surface area contributed by atoms with Crippen LogP contribution in [0.2, 0.25) is 0 Å². The number of thiazole rings is 1. The van der Waals surface area contributed by atoms with Crippen LogP contribution < -0.4 is 5.32 Å². The second kappa shape index (κ2) is 10.3. The first-order chi connectivity index (χ1) is 17.0. The largest absolute Gasteiger partial charge is 0.382 e. The summed E-state index contributed by atoms with van der Waals surface area (Å²) in [4.78, 5) is 20.1. The van der Waals surface area contributed by atoms with Gasteiger partial charge in [-0.25, -0.2) is 4.98 Å². The molecule has 2 heterocycles. The van der Waals surface area contributed by atoms with E-state index in [4.69, 9.17) is 14.5 Å². The maximum atomic E-state index is 12.8. The number of fused-ring (bicyclic) bond motifs is 3. The van der Waals surface area contributed by atoms with Gasteiger partial charge in [-0.2, -0.15) is 0 Å². The Balaban J connectivity index is 1.38. The van der Waals surface area contributed by atoms with E-state index in [1.54, 1.807) is 18.4 Å². The van der Waals surface area contributed by atoms with Crippen molar-refractivity contribution in [1.29, 1.82) is 0 Å². The summed E-state index contributed by atoms with van der Waals surface area (Å²) in [5, 5.41) is 4.49. The van der Waals surface area contributed by atoms with E-state index in [1.165, 1.54) is 20.8 Å². The average Bonchev–Trinajstić information content (AvgIpc) is 3.38. The third kappa shape index (κ3) is 4.75. The van der Waals surface area contributed by atoms with Crippen molar-refractivity contribution in [3.05, 3.63) is 64.7 Å². The number of carbonyl (C=O) groups excluding carboxylic acids is 1. The number of likely N-dealkylation sites (tertiary alicyclic amines) is 1. The van der Waals surface area contributed by atoms with Crippen LogP contribution in [0.25, 0.3) is 10.2 Å². The number of hydrogen-bond acceptors (Lipinski definition) is 6. The molecule has 1 fully saturated rings. The molecule has 35 heavy (non-hydrogen) atoms. The molecule has 0 unspecified atom stereocenters. The van der Waals surface area contributed by atoms with Gasteiger partial charge in [-0.05, 0) is 49.2 Å². The van der Waals surface area contributed by atoms with Crippen LogP contribution in [0.3, 0.4) is 0 Å². The topological polar surface area (TPSA) is 63.7 Å². The van der Waals surface area contributed by atoms with Gasteiger partial charge in [0.25, 0.3) is 0 Å². The molecule has 7 heteroatoms. The Morgan fingerprint density at radius 1 is 1.14 bits per heavy atom. The minimum atomic E-state index is -0.145. The van der Waals surface area contributed by atoms with Crippen LogP contribution in [-0.4, -0.2) is 55.3 Å². The van der Waals surface area contributed by atoms with E-state index in [0.29, 0.717) is 13.2 Å². The Morgan fingerprint density at radius 2 is 1.89 bits per heavy atom. The molecule has 1 N–H and O–H groups in total. The molecule has 1 saturated heterocycles. The zero-order valence-corrected chi connectivity index (χ0v) is 21.6. The maximum Gasteiger partial charge on any atom is 0.223 e. The number of amides is 1. The van der Waals surface area contributed by atoms with Crippen molar-refractivity contribution in [2.24, 2.45) is 5.92 Å². The van der Waals surface area contributed by atoms with Gasteiger partial charge in [0.15, 0.2) is 0 Å². The van der Waals surface area contributed by atoms with Crippen LogP contribution in [-0.2, 0) is 26.2 Å². The number of hydrogen-bond donors (Lipinski definition) is 1. The Morgan fingerprint density at radius 3 is 2.63 bits per heavy atom. The number of methoxy groups -OCH3 is 1. The Bertz CT molecular complexity index is 1140. The second-order valence-electron chi connectivity index (χ2n) is 10.0. The molecule has 186 valence electrons. The van der Waals surface area contributed by atoms with Gasteiger partial charge >= 0.3 is 0 Å². The summed E-state index contributed by atoms with van der Waals surface area (Å²) in [5.41, 5.74) is 3.49. The average molecular weight is 494 g/mol. The first-order valence-electron chi connectivity index (χ1n) is 12.6. The molecule has 2 aliphatic rings. The molecule has 1 spiro atoms. The highest BCUT2D eigenvalue weighted by Crippen LogP contribution is 2.52. The molecular weight excluding hydrogens is 458 g/mol. The number of ether oxygens (including phenoxy) is 2. The fourth-order valence-corrected chi connectivity index (χ4v) is 6.70. The molecule has 2 aromatic carbocycles. The van der Waals surface area contributed by atoms with Gasteiger partial charge in [-0.3, -0.25) is 9.69 Å². The quantitative estimate of drug-likeness (QED) is 0.462. The maximum absolute atomic E-state index is 12.8. The lowest BCUT2D eigenvalue weighted by molar-refractivity contribution is -0.127. The highest BCUT2D eigenvalue weighted by molar-refractivity contribution is 7.18. The predicted molar refractivity (Wildman–Crippen MR) is 140 cm³/mol. The number of para-hydroxylation sites is 1. The second-order valence-corrected chi connectivity index (χ2v) is 11.1. The molecule has 1 aliphatic heterocycles. The van der Waals surface area contributed by atoms with Crippen LogP contribution in [0.15, 0.2) is 48.5 Å². The molecule has 0 radical (unpaired) electrons. The van der Waals surface area contributed by atoms with Gasteiger partial charge in [-0.1, -0.05) is 50.2 Å². The van der Waals surface area contributed by atoms with Crippen molar-refractivity contribution in [3.63, 3.8) is 0 Å². The molecule has 5 rings (SSSR count). The van der Waals surface area contributed by atoms with Gasteiger partial charge in [0.2, 0.25) is 5.91 Å². The first-order valence-corrected chi connectivity index (χ1v) is 13.4.